The normalized spacial score (nSPS) is 20.2. The van der Waals surface area contributed by atoms with E-state index < -0.39 is 0 Å². The number of likely N-dealkylation sites (tertiary alicyclic amines) is 1. The molecule has 5 nitrogen and oxygen atoms in total. The quantitative estimate of drug-likeness (QED) is 0.709. The summed E-state index contributed by atoms with van der Waals surface area (Å²) >= 11 is 0. The first-order valence-electron chi connectivity index (χ1n) is 10.6. The molecule has 0 bridgehead atoms. The molecule has 0 radical (unpaired) electrons. The number of nitrogens with zero attached hydrogens (tertiary/aromatic N) is 1. The van der Waals surface area contributed by atoms with Gasteiger partial charge in [-0.2, -0.15) is 0 Å². The number of ether oxygens (including phenoxy) is 1. The topological polar surface area (TPSA) is 57.4 Å². The van der Waals surface area contributed by atoms with Crippen LogP contribution in [0.2, 0.25) is 0 Å². The fraction of sp³-hybridized carbons (Fsp3) is 0.375. The van der Waals surface area contributed by atoms with Crippen LogP contribution >= 0.6 is 0 Å². The smallest absolute Gasteiger partial charge is 0.234 e. The summed E-state index contributed by atoms with van der Waals surface area (Å²) in [5, 5.41) is 4.49. The van der Waals surface area contributed by atoms with Crippen molar-refractivity contribution in [1.82, 2.24) is 15.2 Å². The molecule has 1 atom stereocenters. The maximum atomic E-state index is 12.7. The fourth-order valence-corrected chi connectivity index (χ4v) is 4.65. The zero-order valence-corrected chi connectivity index (χ0v) is 16.6. The summed E-state index contributed by atoms with van der Waals surface area (Å²) in [5.41, 5.74) is 3.62. The molecular formula is C24H27N3O2. The zero-order chi connectivity index (χ0) is 19.6. The minimum absolute atomic E-state index is 0.0522. The van der Waals surface area contributed by atoms with Gasteiger partial charge in [0.15, 0.2) is 0 Å². The lowest BCUT2D eigenvalue weighted by Gasteiger charge is -2.32. The van der Waals surface area contributed by atoms with E-state index in [1.807, 2.05) is 24.3 Å². The SMILES string of the molecule is O=C(CN1CCC(c2cc3ccccc3[nH]2)CC1)N[C@@H]1CCOc2ccccc21. The van der Waals surface area contributed by atoms with Crippen molar-refractivity contribution in [2.45, 2.75) is 31.2 Å². The number of rotatable bonds is 4. The number of piperidine rings is 1. The molecule has 3 aromatic rings. The molecule has 0 unspecified atom stereocenters. The lowest BCUT2D eigenvalue weighted by atomic mass is 9.93. The molecular weight excluding hydrogens is 362 g/mol. The molecule has 2 aliphatic heterocycles. The number of aromatic nitrogens is 1. The Morgan fingerprint density at radius 3 is 2.72 bits per heavy atom. The predicted molar refractivity (Wildman–Crippen MR) is 114 cm³/mol. The second-order valence-electron chi connectivity index (χ2n) is 8.16. The molecule has 5 heteroatoms. The first kappa shape index (κ1) is 18.3. The Kier molecular flexibility index (Phi) is 4.98. The number of hydrogen-bond donors (Lipinski definition) is 2. The van der Waals surface area contributed by atoms with Crippen LogP contribution in [0.3, 0.4) is 0 Å². The molecule has 0 spiro atoms. The van der Waals surface area contributed by atoms with E-state index in [0.29, 0.717) is 19.1 Å². The average molecular weight is 389 g/mol. The summed E-state index contributed by atoms with van der Waals surface area (Å²) in [7, 11) is 0. The Morgan fingerprint density at radius 1 is 1.07 bits per heavy atom. The second kappa shape index (κ2) is 7.91. The fourth-order valence-electron chi connectivity index (χ4n) is 4.65. The summed E-state index contributed by atoms with van der Waals surface area (Å²) in [4.78, 5) is 18.5. The molecule has 5 rings (SSSR count). The van der Waals surface area contributed by atoms with E-state index in [1.54, 1.807) is 0 Å². The number of benzene rings is 2. The number of H-pyrrole nitrogens is 1. The third-order valence-corrected chi connectivity index (χ3v) is 6.24. The Labute approximate surface area is 171 Å². The van der Waals surface area contributed by atoms with Gasteiger partial charge in [0.25, 0.3) is 0 Å². The number of nitrogens with one attached hydrogen (secondary N) is 2. The maximum absolute atomic E-state index is 12.7. The van der Waals surface area contributed by atoms with Crippen molar-refractivity contribution >= 4 is 16.8 Å². The number of aromatic amines is 1. The van der Waals surface area contributed by atoms with Crippen LogP contribution in [-0.4, -0.2) is 42.0 Å². The summed E-state index contributed by atoms with van der Waals surface area (Å²) in [6.45, 7) is 3.03. The lowest BCUT2D eigenvalue weighted by molar-refractivity contribution is -0.123. The van der Waals surface area contributed by atoms with Crippen molar-refractivity contribution in [3.63, 3.8) is 0 Å². The molecule has 0 saturated carbocycles. The molecule has 1 aromatic heterocycles. The van der Waals surface area contributed by atoms with Crippen LogP contribution in [0.1, 0.15) is 42.5 Å². The van der Waals surface area contributed by atoms with E-state index in [4.69, 9.17) is 4.74 Å². The molecule has 1 fully saturated rings. The van der Waals surface area contributed by atoms with Gasteiger partial charge in [-0.05, 0) is 49.5 Å². The van der Waals surface area contributed by atoms with Crippen molar-refractivity contribution in [3.05, 3.63) is 65.9 Å². The van der Waals surface area contributed by atoms with Crippen LogP contribution < -0.4 is 10.1 Å². The molecule has 0 aliphatic carbocycles. The highest BCUT2D eigenvalue weighted by Gasteiger charge is 2.26. The highest BCUT2D eigenvalue weighted by Crippen LogP contribution is 2.32. The van der Waals surface area contributed by atoms with Crippen molar-refractivity contribution in [3.8, 4) is 5.75 Å². The van der Waals surface area contributed by atoms with Gasteiger partial charge >= 0.3 is 0 Å². The minimum atomic E-state index is 0.0522. The molecule has 1 saturated heterocycles. The Morgan fingerprint density at radius 2 is 1.86 bits per heavy atom. The molecule has 2 N–H and O–H groups in total. The van der Waals surface area contributed by atoms with E-state index in [-0.39, 0.29) is 11.9 Å². The van der Waals surface area contributed by atoms with Crippen molar-refractivity contribution in [2.24, 2.45) is 0 Å². The van der Waals surface area contributed by atoms with Crippen LogP contribution in [0.5, 0.6) is 5.75 Å². The minimum Gasteiger partial charge on any atom is -0.493 e. The van der Waals surface area contributed by atoms with Crippen LogP contribution in [-0.2, 0) is 4.79 Å². The van der Waals surface area contributed by atoms with Gasteiger partial charge in [-0.3, -0.25) is 9.69 Å². The monoisotopic (exact) mass is 389 g/mol. The molecule has 1 amide bonds. The first-order valence-corrected chi connectivity index (χ1v) is 10.6. The van der Waals surface area contributed by atoms with Gasteiger partial charge in [0.2, 0.25) is 5.91 Å². The Balaban J connectivity index is 1.15. The van der Waals surface area contributed by atoms with Crippen molar-refractivity contribution in [1.29, 1.82) is 0 Å². The number of amides is 1. The van der Waals surface area contributed by atoms with Crippen LogP contribution in [0.4, 0.5) is 0 Å². The highest BCUT2D eigenvalue weighted by molar-refractivity contribution is 5.80. The molecule has 2 aromatic carbocycles. The first-order chi connectivity index (χ1) is 14.3. The largest absolute Gasteiger partial charge is 0.493 e. The van der Waals surface area contributed by atoms with Gasteiger partial charge in [-0.1, -0.05) is 36.4 Å². The van der Waals surface area contributed by atoms with E-state index in [2.05, 4.69) is 45.5 Å². The number of carbonyl (C=O) groups excluding carboxylic acids is 1. The van der Waals surface area contributed by atoms with Gasteiger partial charge in [0.1, 0.15) is 5.75 Å². The molecule has 3 heterocycles. The highest BCUT2D eigenvalue weighted by atomic mass is 16.5. The lowest BCUT2D eigenvalue weighted by Crippen LogP contribution is -2.43. The number of carbonyl (C=O) groups is 1. The van der Waals surface area contributed by atoms with E-state index in [1.165, 1.54) is 16.6 Å². The Hall–Kier alpha value is -2.79. The average Bonchev–Trinajstić information content (AvgIpc) is 3.19. The molecule has 29 heavy (non-hydrogen) atoms. The van der Waals surface area contributed by atoms with Crippen LogP contribution in [0.15, 0.2) is 54.6 Å². The van der Waals surface area contributed by atoms with E-state index >= 15 is 0 Å². The van der Waals surface area contributed by atoms with Crippen LogP contribution in [0, 0.1) is 0 Å². The number of hydrogen-bond acceptors (Lipinski definition) is 3. The van der Waals surface area contributed by atoms with E-state index in [0.717, 1.165) is 43.7 Å². The van der Waals surface area contributed by atoms with Gasteiger partial charge in [0, 0.05) is 29.1 Å². The van der Waals surface area contributed by atoms with Gasteiger partial charge in [-0.25, -0.2) is 0 Å². The summed E-state index contributed by atoms with van der Waals surface area (Å²) in [6, 6.07) is 18.8. The Bertz CT molecular complexity index is 971. The maximum Gasteiger partial charge on any atom is 0.234 e. The molecule has 2 aliphatic rings. The third kappa shape index (κ3) is 3.87. The van der Waals surface area contributed by atoms with E-state index in [9.17, 15) is 4.79 Å². The third-order valence-electron chi connectivity index (χ3n) is 6.24. The number of para-hydroxylation sites is 2. The van der Waals surface area contributed by atoms with Crippen molar-refractivity contribution < 1.29 is 9.53 Å². The van der Waals surface area contributed by atoms with Gasteiger partial charge in [-0.15, -0.1) is 0 Å². The van der Waals surface area contributed by atoms with Crippen molar-refractivity contribution in [2.75, 3.05) is 26.2 Å². The zero-order valence-electron chi connectivity index (χ0n) is 16.6. The van der Waals surface area contributed by atoms with Crippen LogP contribution in [0.25, 0.3) is 10.9 Å². The van der Waals surface area contributed by atoms with Gasteiger partial charge < -0.3 is 15.0 Å². The van der Waals surface area contributed by atoms with Gasteiger partial charge in [0.05, 0.1) is 19.2 Å². The summed E-state index contributed by atoms with van der Waals surface area (Å²) in [5.74, 6) is 1.54. The second-order valence-corrected chi connectivity index (χ2v) is 8.16. The summed E-state index contributed by atoms with van der Waals surface area (Å²) < 4.78 is 5.70. The standard InChI is InChI=1S/C24H27N3O2/c28-24(26-21-11-14-29-23-8-4-2-6-19(21)23)16-27-12-9-17(10-13-27)22-15-18-5-1-3-7-20(18)25-22/h1-8,15,17,21,25H,9-14,16H2,(H,26,28)/t21-/m1/s1. The molecule has 150 valence electrons. The number of fused-ring (bicyclic) bond motifs is 2. The summed E-state index contributed by atoms with van der Waals surface area (Å²) in [6.07, 6.45) is 2.99. The predicted octanol–water partition coefficient (Wildman–Crippen LogP) is 3.99.